The van der Waals surface area contributed by atoms with Crippen molar-refractivity contribution in [1.29, 1.82) is 0 Å². The zero-order chi connectivity index (χ0) is 15.5. The molecule has 0 saturated carbocycles. The molecule has 4 nitrogen and oxygen atoms in total. The van der Waals surface area contributed by atoms with Gasteiger partial charge < -0.3 is 4.90 Å². The third-order valence-corrected chi connectivity index (χ3v) is 4.83. The first-order valence-electron chi connectivity index (χ1n) is 6.30. The Morgan fingerprint density at radius 1 is 1.00 bits per heavy atom. The number of sulfonamides is 1. The minimum atomic E-state index is -3.62. The fraction of sp³-hybridized carbons (Fsp3) is 0.133. The zero-order valence-electron chi connectivity index (χ0n) is 11.8. The number of nitrogens with zero attached hydrogens (tertiary/aromatic N) is 1. The van der Waals surface area contributed by atoms with Gasteiger partial charge in [-0.2, -0.15) is 0 Å². The predicted molar refractivity (Wildman–Crippen MR) is 89.1 cm³/mol. The molecule has 2 rings (SSSR count). The van der Waals surface area contributed by atoms with Crippen LogP contribution in [0.1, 0.15) is 5.56 Å². The van der Waals surface area contributed by atoms with Gasteiger partial charge in [-0.25, -0.2) is 8.42 Å². The maximum absolute atomic E-state index is 12.4. The number of thiocarbonyl (C=S) groups is 1. The normalized spacial score (nSPS) is 11.0. The second kappa shape index (κ2) is 6.24. The van der Waals surface area contributed by atoms with Crippen LogP contribution in [0.15, 0.2) is 59.5 Å². The van der Waals surface area contributed by atoms with Crippen LogP contribution < -0.4 is 4.72 Å². The van der Waals surface area contributed by atoms with Gasteiger partial charge in [-0.1, -0.05) is 42.5 Å². The van der Waals surface area contributed by atoms with Gasteiger partial charge in [0.25, 0.3) is 10.0 Å². The predicted octanol–water partition coefficient (Wildman–Crippen LogP) is 2.72. The van der Waals surface area contributed by atoms with Gasteiger partial charge >= 0.3 is 0 Å². The highest BCUT2D eigenvalue weighted by molar-refractivity contribution is 7.92. The fourth-order valence-corrected chi connectivity index (χ4v) is 3.08. The SMILES string of the molecule is CN(C)C(=S)c1ccccc1NS(=O)(=O)c1ccccc1. The van der Waals surface area contributed by atoms with Crippen molar-refractivity contribution in [3.63, 3.8) is 0 Å². The molecule has 0 saturated heterocycles. The maximum atomic E-state index is 12.4. The summed E-state index contributed by atoms with van der Waals surface area (Å²) >= 11 is 5.33. The highest BCUT2D eigenvalue weighted by atomic mass is 32.2. The van der Waals surface area contributed by atoms with E-state index >= 15 is 0 Å². The van der Waals surface area contributed by atoms with E-state index in [-0.39, 0.29) is 4.90 Å². The summed E-state index contributed by atoms with van der Waals surface area (Å²) in [7, 11) is 0.0252. The second-order valence-corrected chi connectivity index (χ2v) is 6.73. The molecule has 2 aromatic rings. The molecule has 21 heavy (non-hydrogen) atoms. The molecule has 0 atom stereocenters. The molecule has 0 aliphatic rings. The van der Waals surface area contributed by atoms with E-state index in [1.54, 1.807) is 53.4 Å². The van der Waals surface area contributed by atoms with Crippen LogP contribution in [-0.2, 0) is 10.0 Å². The van der Waals surface area contributed by atoms with E-state index in [1.807, 2.05) is 20.2 Å². The highest BCUT2D eigenvalue weighted by Gasteiger charge is 2.17. The van der Waals surface area contributed by atoms with Crippen molar-refractivity contribution in [1.82, 2.24) is 4.90 Å². The van der Waals surface area contributed by atoms with Gasteiger partial charge in [-0.3, -0.25) is 4.72 Å². The molecular formula is C15H16N2O2S2. The van der Waals surface area contributed by atoms with Gasteiger partial charge in [0.2, 0.25) is 0 Å². The molecule has 0 radical (unpaired) electrons. The Hall–Kier alpha value is -1.92. The van der Waals surface area contributed by atoms with Crippen molar-refractivity contribution in [2.45, 2.75) is 4.90 Å². The van der Waals surface area contributed by atoms with Crippen molar-refractivity contribution in [3.8, 4) is 0 Å². The van der Waals surface area contributed by atoms with Crippen LogP contribution in [0.25, 0.3) is 0 Å². The first-order chi connectivity index (χ1) is 9.92. The molecular weight excluding hydrogens is 304 g/mol. The van der Waals surface area contributed by atoms with E-state index in [0.717, 1.165) is 0 Å². The molecule has 0 fully saturated rings. The van der Waals surface area contributed by atoms with Crippen molar-refractivity contribution in [2.75, 3.05) is 18.8 Å². The van der Waals surface area contributed by atoms with Gasteiger partial charge in [0, 0.05) is 19.7 Å². The molecule has 0 spiro atoms. The molecule has 0 amide bonds. The van der Waals surface area contributed by atoms with Crippen LogP contribution in [0.2, 0.25) is 0 Å². The number of hydrogen-bond acceptors (Lipinski definition) is 3. The van der Waals surface area contributed by atoms with Crippen LogP contribution in [0.3, 0.4) is 0 Å². The van der Waals surface area contributed by atoms with Gasteiger partial charge in [-0.05, 0) is 24.3 Å². The van der Waals surface area contributed by atoms with Crippen LogP contribution >= 0.6 is 12.2 Å². The number of para-hydroxylation sites is 1. The lowest BCUT2D eigenvalue weighted by molar-refractivity contribution is 0.601. The molecule has 6 heteroatoms. The summed E-state index contributed by atoms with van der Waals surface area (Å²) in [6.07, 6.45) is 0. The summed E-state index contributed by atoms with van der Waals surface area (Å²) in [6, 6.07) is 15.3. The summed E-state index contributed by atoms with van der Waals surface area (Å²) < 4.78 is 27.4. The molecule has 0 unspecified atom stereocenters. The summed E-state index contributed by atoms with van der Waals surface area (Å²) in [5.74, 6) is 0. The van der Waals surface area contributed by atoms with E-state index in [0.29, 0.717) is 16.2 Å². The van der Waals surface area contributed by atoms with Gasteiger partial charge in [-0.15, -0.1) is 0 Å². The van der Waals surface area contributed by atoms with Crippen LogP contribution in [0.5, 0.6) is 0 Å². The molecule has 0 aliphatic heterocycles. The van der Waals surface area contributed by atoms with E-state index in [4.69, 9.17) is 12.2 Å². The average molecular weight is 320 g/mol. The van der Waals surface area contributed by atoms with E-state index in [2.05, 4.69) is 4.72 Å². The first-order valence-corrected chi connectivity index (χ1v) is 8.19. The average Bonchev–Trinajstić information content (AvgIpc) is 2.47. The smallest absolute Gasteiger partial charge is 0.261 e. The van der Waals surface area contributed by atoms with Crippen LogP contribution in [0.4, 0.5) is 5.69 Å². The standard InChI is InChI=1S/C15H16N2O2S2/c1-17(2)15(20)13-10-6-7-11-14(13)16-21(18,19)12-8-4-3-5-9-12/h3-11,16H,1-2H3. The quantitative estimate of drug-likeness (QED) is 0.880. The third-order valence-electron chi connectivity index (χ3n) is 2.86. The Kier molecular flexibility index (Phi) is 4.59. The molecule has 0 aliphatic carbocycles. The third kappa shape index (κ3) is 3.59. The largest absolute Gasteiger partial charge is 0.368 e. The van der Waals surface area contributed by atoms with Gasteiger partial charge in [0.1, 0.15) is 4.99 Å². The number of benzene rings is 2. The van der Waals surface area contributed by atoms with Crippen LogP contribution in [0, 0.1) is 0 Å². The Labute approximate surface area is 130 Å². The lowest BCUT2D eigenvalue weighted by atomic mass is 10.2. The van der Waals surface area contributed by atoms with E-state index < -0.39 is 10.0 Å². The molecule has 1 N–H and O–H groups in total. The summed E-state index contributed by atoms with van der Waals surface area (Å²) in [5, 5.41) is 0. The van der Waals surface area contributed by atoms with E-state index in [1.165, 1.54) is 0 Å². The van der Waals surface area contributed by atoms with Gasteiger partial charge in [0.05, 0.1) is 10.6 Å². The number of hydrogen-bond donors (Lipinski definition) is 1. The summed E-state index contributed by atoms with van der Waals surface area (Å²) in [4.78, 5) is 2.56. The number of rotatable bonds is 4. The van der Waals surface area contributed by atoms with Crippen molar-refractivity contribution in [3.05, 3.63) is 60.2 Å². The molecule has 0 heterocycles. The van der Waals surface area contributed by atoms with Crippen molar-refractivity contribution >= 4 is 32.9 Å². The summed E-state index contributed by atoms with van der Waals surface area (Å²) in [6.45, 7) is 0. The fourth-order valence-electron chi connectivity index (χ4n) is 1.80. The molecule has 2 aromatic carbocycles. The number of anilines is 1. The molecule has 0 aromatic heterocycles. The maximum Gasteiger partial charge on any atom is 0.261 e. The second-order valence-electron chi connectivity index (χ2n) is 4.66. The topological polar surface area (TPSA) is 49.4 Å². The Morgan fingerprint density at radius 3 is 2.19 bits per heavy atom. The van der Waals surface area contributed by atoms with Gasteiger partial charge in [0.15, 0.2) is 0 Å². The lowest BCUT2D eigenvalue weighted by Crippen LogP contribution is -2.23. The van der Waals surface area contributed by atoms with Crippen molar-refractivity contribution < 1.29 is 8.42 Å². The number of nitrogens with one attached hydrogen (secondary N) is 1. The monoisotopic (exact) mass is 320 g/mol. The molecule has 110 valence electrons. The van der Waals surface area contributed by atoms with Crippen LogP contribution in [-0.4, -0.2) is 32.4 Å². The zero-order valence-corrected chi connectivity index (χ0v) is 13.4. The Balaban J connectivity index is 2.39. The Morgan fingerprint density at radius 2 is 1.57 bits per heavy atom. The van der Waals surface area contributed by atoms with E-state index in [9.17, 15) is 8.42 Å². The summed E-state index contributed by atoms with van der Waals surface area (Å²) in [5.41, 5.74) is 1.15. The molecule has 0 bridgehead atoms. The minimum absolute atomic E-state index is 0.218. The Bertz CT molecular complexity index is 741. The first kappa shape index (κ1) is 15.5. The minimum Gasteiger partial charge on any atom is -0.368 e. The van der Waals surface area contributed by atoms with Crippen molar-refractivity contribution in [2.24, 2.45) is 0 Å². The lowest BCUT2D eigenvalue weighted by Gasteiger charge is -2.18. The highest BCUT2D eigenvalue weighted by Crippen LogP contribution is 2.21.